The second-order valence-electron chi connectivity index (χ2n) is 7.78. The van der Waals surface area contributed by atoms with Gasteiger partial charge in [-0.1, -0.05) is 48.0 Å². The van der Waals surface area contributed by atoms with Crippen molar-refractivity contribution in [3.8, 4) is 17.1 Å². The predicted molar refractivity (Wildman–Crippen MR) is 137 cm³/mol. The summed E-state index contributed by atoms with van der Waals surface area (Å²) in [5.74, 6) is 1.95. The van der Waals surface area contributed by atoms with E-state index in [1.54, 1.807) is 12.1 Å². The lowest BCUT2D eigenvalue weighted by molar-refractivity contribution is -0.384. The molecule has 0 spiro atoms. The van der Waals surface area contributed by atoms with Crippen LogP contribution in [0.1, 0.15) is 17.0 Å². The zero-order valence-corrected chi connectivity index (χ0v) is 19.2. The van der Waals surface area contributed by atoms with Gasteiger partial charge in [-0.3, -0.25) is 10.1 Å². The maximum Gasteiger partial charge on any atom is 0.269 e. The number of ether oxygens (including phenoxy) is 1. The molecule has 2 heterocycles. The van der Waals surface area contributed by atoms with Crippen molar-refractivity contribution in [2.45, 2.75) is 6.61 Å². The molecule has 0 amide bonds. The van der Waals surface area contributed by atoms with E-state index < -0.39 is 4.92 Å². The van der Waals surface area contributed by atoms with E-state index >= 15 is 0 Å². The molecule has 5 rings (SSSR count). The van der Waals surface area contributed by atoms with Crippen LogP contribution in [0, 0.1) is 10.1 Å². The quantitative estimate of drug-likeness (QED) is 0.174. The number of aromatic nitrogens is 1. The summed E-state index contributed by atoms with van der Waals surface area (Å²) in [4.78, 5) is 15.2. The van der Waals surface area contributed by atoms with Crippen LogP contribution in [0.3, 0.4) is 0 Å². The number of hydrogen-bond donors (Lipinski definition) is 0. The van der Waals surface area contributed by atoms with Gasteiger partial charge in [-0.05, 0) is 54.6 Å². The van der Waals surface area contributed by atoms with Gasteiger partial charge in [-0.15, -0.1) is 0 Å². The Morgan fingerprint density at radius 3 is 2.54 bits per heavy atom. The number of non-ortho nitro benzene ring substituents is 1. The Morgan fingerprint density at radius 2 is 1.74 bits per heavy atom. The fourth-order valence-electron chi connectivity index (χ4n) is 3.63. The lowest BCUT2D eigenvalue weighted by Crippen LogP contribution is -1.98. The molecule has 2 aromatic heterocycles. The molecular formula is C28H19ClN2O4. The first-order chi connectivity index (χ1) is 17.1. The molecule has 0 aliphatic heterocycles. The first-order valence-corrected chi connectivity index (χ1v) is 11.2. The minimum absolute atomic E-state index is 0.0398. The Bertz CT molecular complexity index is 1540. The van der Waals surface area contributed by atoms with E-state index in [0.717, 1.165) is 27.7 Å². The van der Waals surface area contributed by atoms with Crippen LogP contribution in [0.2, 0.25) is 5.02 Å². The van der Waals surface area contributed by atoms with Crippen molar-refractivity contribution in [1.29, 1.82) is 0 Å². The molecule has 172 valence electrons. The summed E-state index contributed by atoms with van der Waals surface area (Å²) >= 11 is 6.25. The normalized spacial score (nSPS) is 11.2. The molecule has 0 atom stereocenters. The second kappa shape index (κ2) is 9.83. The van der Waals surface area contributed by atoms with E-state index in [9.17, 15) is 10.1 Å². The molecule has 0 saturated carbocycles. The third-order valence-electron chi connectivity index (χ3n) is 5.45. The number of para-hydroxylation sites is 1. The molecule has 7 heteroatoms. The summed E-state index contributed by atoms with van der Waals surface area (Å²) in [6.07, 6.45) is 3.69. The number of nitro benzene ring substituents is 1. The summed E-state index contributed by atoms with van der Waals surface area (Å²) in [5, 5.41) is 12.5. The number of rotatable bonds is 7. The predicted octanol–water partition coefficient (Wildman–Crippen LogP) is 7.81. The summed E-state index contributed by atoms with van der Waals surface area (Å²) in [6.45, 7) is 0.346. The molecule has 35 heavy (non-hydrogen) atoms. The molecule has 0 aliphatic carbocycles. The summed E-state index contributed by atoms with van der Waals surface area (Å²) in [7, 11) is 0. The highest BCUT2D eigenvalue weighted by molar-refractivity contribution is 6.31. The molecule has 0 unspecified atom stereocenters. The number of furan rings is 1. The monoisotopic (exact) mass is 482 g/mol. The third-order valence-corrected chi connectivity index (χ3v) is 5.82. The average molecular weight is 483 g/mol. The van der Waals surface area contributed by atoms with Gasteiger partial charge >= 0.3 is 0 Å². The Kier molecular flexibility index (Phi) is 6.28. The standard InChI is InChI=1S/C28H19ClN2O4/c29-25-6-2-1-4-21(25)18-34-27-7-3-5-20-8-11-22(30-28(20)27)12-15-24-16-17-26(35-24)19-9-13-23(14-10-19)31(32)33/h1-17H,18H2/b15-12-. The number of halogens is 1. The van der Waals surface area contributed by atoms with E-state index in [4.69, 9.17) is 25.7 Å². The SMILES string of the molecule is O=[N+]([O-])c1ccc(-c2ccc(/C=C\c3ccc4cccc(OCc5ccccc5Cl)c4n3)o2)cc1. The fraction of sp³-hybridized carbons (Fsp3) is 0.0357. The van der Waals surface area contributed by atoms with Crippen molar-refractivity contribution in [3.63, 3.8) is 0 Å². The molecule has 5 aromatic rings. The molecule has 6 nitrogen and oxygen atoms in total. The molecule has 3 aromatic carbocycles. The first kappa shape index (κ1) is 22.4. The summed E-state index contributed by atoms with van der Waals surface area (Å²) in [5.41, 5.74) is 3.22. The topological polar surface area (TPSA) is 78.4 Å². The van der Waals surface area contributed by atoms with Crippen molar-refractivity contribution >= 4 is 40.3 Å². The minimum atomic E-state index is -0.427. The van der Waals surface area contributed by atoms with Crippen molar-refractivity contribution in [2.24, 2.45) is 0 Å². The molecule has 0 bridgehead atoms. The lowest BCUT2D eigenvalue weighted by atomic mass is 10.1. The molecule has 0 saturated heterocycles. The van der Waals surface area contributed by atoms with Crippen molar-refractivity contribution < 1.29 is 14.1 Å². The number of nitrogens with zero attached hydrogens (tertiary/aromatic N) is 2. The van der Waals surface area contributed by atoms with Crippen LogP contribution >= 0.6 is 11.6 Å². The largest absolute Gasteiger partial charge is 0.487 e. The molecule has 0 fully saturated rings. The van der Waals surface area contributed by atoms with Crippen molar-refractivity contribution in [1.82, 2.24) is 4.98 Å². The second-order valence-corrected chi connectivity index (χ2v) is 8.19. The van der Waals surface area contributed by atoms with E-state index in [-0.39, 0.29) is 5.69 Å². The van der Waals surface area contributed by atoms with Gasteiger partial charge in [0.1, 0.15) is 29.4 Å². The van der Waals surface area contributed by atoms with Crippen LogP contribution in [0.15, 0.2) is 95.4 Å². The Hall–Kier alpha value is -4.42. The van der Waals surface area contributed by atoms with Crippen molar-refractivity contribution in [3.05, 3.63) is 123 Å². The smallest absolute Gasteiger partial charge is 0.269 e. The van der Waals surface area contributed by atoms with Crippen LogP contribution in [-0.2, 0) is 6.61 Å². The first-order valence-electron chi connectivity index (χ1n) is 10.9. The van der Waals surface area contributed by atoms with Gasteiger partial charge in [-0.25, -0.2) is 4.98 Å². The van der Waals surface area contributed by atoms with E-state index in [1.165, 1.54) is 12.1 Å². The summed E-state index contributed by atoms with van der Waals surface area (Å²) < 4.78 is 11.9. The zero-order chi connectivity index (χ0) is 24.2. The highest BCUT2D eigenvalue weighted by Crippen LogP contribution is 2.28. The van der Waals surface area contributed by atoms with E-state index in [1.807, 2.05) is 78.9 Å². The molecule has 0 aliphatic rings. The van der Waals surface area contributed by atoms with Crippen LogP contribution < -0.4 is 4.74 Å². The van der Waals surface area contributed by atoms with Crippen LogP contribution in [0.4, 0.5) is 5.69 Å². The average Bonchev–Trinajstić information content (AvgIpc) is 3.36. The highest BCUT2D eigenvalue weighted by atomic mass is 35.5. The van der Waals surface area contributed by atoms with Gasteiger partial charge in [0.2, 0.25) is 0 Å². The van der Waals surface area contributed by atoms with Gasteiger partial charge in [0.05, 0.1) is 10.6 Å². The van der Waals surface area contributed by atoms with Gasteiger partial charge in [0.15, 0.2) is 0 Å². The van der Waals surface area contributed by atoms with Crippen LogP contribution in [-0.4, -0.2) is 9.91 Å². The lowest BCUT2D eigenvalue weighted by Gasteiger charge is -2.10. The minimum Gasteiger partial charge on any atom is -0.487 e. The van der Waals surface area contributed by atoms with Gasteiger partial charge < -0.3 is 9.15 Å². The Morgan fingerprint density at radius 1 is 0.914 bits per heavy atom. The molecule has 0 N–H and O–H groups in total. The summed E-state index contributed by atoms with van der Waals surface area (Å²) in [6, 6.07) is 27.2. The number of fused-ring (bicyclic) bond motifs is 1. The maximum atomic E-state index is 10.8. The molecule has 0 radical (unpaired) electrons. The third kappa shape index (κ3) is 5.08. The highest BCUT2D eigenvalue weighted by Gasteiger charge is 2.09. The van der Waals surface area contributed by atoms with Crippen LogP contribution in [0.5, 0.6) is 5.75 Å². The Labute approximate surface area is 206 Å². The number of hydrogen-bond acceptors (Lipinski definition) is 5. The van der Waals surface area contributed by atoms with Crippen LogP contribution in [0.25, 0.3) is 34.4 Å². The Balaban J connectivity index is 1.35. The number of pyridine rings is 1. The maximum absolute atomic E-state index is 10.8. The molecular weight excluding hydrogens is 464 g/mol. The zero-order valence-electron chi connectivity index (χ0n) is 18.4. The van der Waals surface area contributed by atoms with E-state index in [2.05, 4.69) is 0 Å². The van der Waals surface area contributed by atoms with Gasteiger partial charge in [0, 0.05) is 33.7 Å². The fourth-order valence-corrected chi connectivity index (χ4v) is 3.82. The number of nitro groups is 1. The van der Waals surface area contributed by atoms with Crippen molar-refractivity contribution in [2.75, 3.05) is 0 Å². The van der Waals surface area contributed by atoms with Gasteiger partial charge in [-0.2, -0.15) is 0 Å². The van der Waals surface area contributed by atoms with Gasteiger partial charge in [0.25, 0.3) is 5.69 Å². The number of benzene rings is 3. The van der Waals surface area contributed by atoms with E-state index in [0.29, 0.717) is 28.9 Å².